The summed E-state index contributed by atoms with van der Waals surface area (Å²) in [5, 5.41) is 5.34. The van der Waals surface area contributed by atoms with E-state index in [1.54, 1.807) is 12.1 Å². The molecule has 1 aliphatic rings. The smallest absolute Gasteiger partial charge is 0.252 e. The molecular formula is C24H28N2O3S. The van der Waals surface area contributed by atoms with Crippen LogP contribution in [0.25, 0.3) is 0 Å². The molecular weight excluding hydrogens is 396 g/mol. The number of benzene rings is 2. The second kappa shape index (κ2) is 9.47. The molecule has 1 fully saturated rings. The standard InChI is InChI=1S/C24H28N2O3S/c1-24(2,3)20(27)15-25-22(28)18-11-7-8-12-19(18)30-21(16-9-5-4-6-10-16)23(29)26-17-13-14-17/h4-12,17,21H,13-15H2,1-3H3,(H,25,28)(H,26,29)/t21-/m1/s1. The lowest BCUT2D eigenvalue weighted by Gasteiger charge is -2.19. The minimum Gasteiger partial charge on any atom is -0.352 e. The lowest BCUT2D eigenvalue weighted by atomic mass is 9.91. The van der Waals surface area contributed by atoms with Crippen LogP contribution in [0.1, 0.15) is 54.8 Å². The number of carbonyl (C=O) groups excluding carboxylic acids is 3. The fraction of sp³-hybridized carbons (Fsp3) is 0.375. The Morgan fingerprint density at radius 3 is 2.27 bits per heavy atom. The predicted octanol–water partition coefficient (Wildman–Crippen LogP) is 4.14. The Morgan fingerprint density at radius 1 is 1.00 bits per heavy atom. The van der Waals surface area contributed by atoms with Crippen LogP contribution in [0.5, 0.6) is 0 Å². The molecule has 0 spiro atoms. The van der Waals surface area contributed by atoms with Gasteiger partial charge in [0.25, 0.3) is 5.91 Å². The number of nitrogens with one attached hydrogen (secondary N) is 2. The second-order valence-electron chi connectivity index (χ2n) is 8.54. The maximum atomic E-state index is 12.9. The number of ketones is 1. The van der Waals surface area contributed by atoms with E-state index in [-0.39, 0.29) is 30.2 Å². The Morgan fingerprint density at radius 2 is 1.63 bits per heavy atom. The van der Waals surface area contributed by atoms with Crippen LogP contribution in [0.15, 0.2) is 59.5 Å². The van der Waals surface area contributed by atoms with Crippen molar-refractivity contribution in [1.29, 1.82) is 0 Å². The van der Waals surface area contributed by atoms with Crippen molar-refractivity contribution in [2.45, 2.75) is 49.8 Å². The van der Waals surface area contributed by atoms with Gasteiger partial charge in [0.2, 0.25) is 5.91 Å². The third-order valence-electron chi connectivity index (χ3n) is 4.89. The molecule has 5 nitrogen and oxygen atoms in total. The minimum atomic E-state index is -0.513. The first-order chi connectivity index (χ1) is 14.3. The Hall–Kier alpha value is -2.60. The summed E-state index contributed by atoms with van der Waals surface area (Å²) in [7, 11) is 0. The molecule has 0 aliphatic heterocycles. The molecule has 3 rings (SSSR count). The maximum Gasteiger partial charge on any atom is 0.252 e. The van der Waals surface area contributed by atoms with Crippen LogP contribution < -0.4 is 10.6 Å². The molecule has 30 heavy (non-hydrogen) atoms. The van der Waals surface area contributed by atoms with Crippen LogP contribution in [0.2, 0.25) is 0 Å². The molecule has 0 unspecified atom stereocenters. The van der Waals surface area contributed by atoms with Crippen molar-refractivity contribution in [3.05, 3.63) is 65.7 Å². The van der Waals surface area contributed by atoms with Gasteiger partial charge in [0.1, 0.15) is 5.25 Å². The van der Waals surface area contributed by atoms with E-state index >= 15 is 0 Å². The van der Waals surface area contributed by atoms with E-state index < -0.39 is 10.7 Å². The van der Waals surface area contributed by atoms with Crippen LogP contribution >= 0.6 is 11.8 Å². The quantitative estimate of drug-likeness (QED) is 0.625. The van der Waals surface area contributed by atoms with Crippen LogP contribution in [-0.4, -0.2) is 30.2 Å². The number of rotatable bonds is 8. The number of amides is 2. The highest BCUT2D eigenvalue weighted by Gasteiger charge is 2.30. The van der Waals surface area contributed by atoms with Gasteiger partial charge in [-0.15, -0.1) is 11.8 Å². The largest absolute Gasteiger partial charge is 0.352 e. The van der Waals surface area contributed by atoms with Gasteiger partial charge in [-0.2, -0.15) is 0 Å². The Kier molecular flexibility index (Phi) is 6.98. The Bertz CT molecular complexity index is 918. The van der Waals surface area contributed by atoms with Crippen molar-refractivity contribution in [3.63, 3.8) is 0 Å². The number of hydrogen-bond acceptors (Lipinski definition) is 4. The van der Waals surface area contributed by atoms with Crippen molar-refractivity contribution in [2.24, 2.45) is 5.41 Å². The zero-order valence-corrected chi connectivity index (χ0v) is 18.4. The topological polar surface area (TPSA) is 75.3 Å². The molecule has 1 aliphatic carbocycles. The van der Waals surface area contributed by atoms with Crippen LogP contribution in [0, 0.1) is 5.41 Å². The minimum absolute atomic E-state index is 0.0222. The summed E-state index contributed by atoms with van der Waals surface area (Å²) in [5.74, 6) is -0.399. The first kappa shape index (κ1) is 22.1. The molecule has 0 saturated heterocycles. The number of thioether (sulfide) groups is 1. The second-order valence-corrected chi connectivity index (χ2v) is 9.69. The molecule has 2 aromatic rings. The van der Waals surface area contributed by atoms with E-state index in [0.717, 1.165) is 18.4 Å². The molecule has 0 bridgehead atoms. The summed E-state index contributed by atoms with van der Waals surface area (Å²) in [6.45, 7) is 5.46. The van der Waals surface area contributed by atoms with Crippen molar-refractivity contribution in [2.75, 3.05) is 6.54 Å². The lowest BCUT2D eigenvalue weighted by Crippen LogP contribution is -2.35. The fourth-order valence-electron chi connectivity index (χ4n) is 2.81. The molecule has 0 aromatic heterocycles. The van der Waals surface area contributed by atoms with Crippen LogP contribution in [-0.2, 0) is 9.59 Å². The number of hydrogen-bond donors (Lipinski definition) is 2. The molecule has 0 heterocycles. The van der Waals surface area contributed by atoms with Crippen LogP contribution in [0.3, 0.4) is 0 Å². The zero-order valence-electron chi connectivity index (χ0n) is 17.6. The highest BCUT2D eigenvalue weighted by molar-refractivity contribution is 8.00. The van der Waals surface area contributed by atoms with Gasteiger partial charge in [0, 0.05) is 16.4 Å². The van der Waals surface area contributed by atoms with Gasteiger partial charge in [-0.05, 0) is 30.5 Å². The van der Waals surface area contributed by atoms with Crippen LogP contribution in [0.4, 0.5) is 0 Å². The van der Waals surface area contributed by atoms with E-state index in [9.17, 15) is 14.4 Å². The van der Waals surface area contributed by atoms with Gasteiger partial charge >= 0.3 is 0 Å². The molecule has 1 saturated carbocycles. The summed E-state index contributed by atoms with van der Waals surface area (Å²) >= 11 is 1.36. The monoisotopic (exact) mass is 424 g/mol. The Labute approximate surface area is 182 Å². The van der Waals surface area contributed by atoms with Gasteiger partial charge < -0.3 is 10.6 Å². The van der Waals surface area contributed by atoms with Gasteiger partial charge in [0.15, 0.2) is 5.78 Å². The first-order valence-electron chi connectivity index (χ1n) is 10.2. The zero-order chi connectivity index (χ0) is 21.7. The molecule has 158 valence electrons. The van der Waals surface area contributed by atoms with Gasteiger partial charge in [-0.3, -0.25) is 14.4 Å². The summed E-state index contributed by atoms with van der Waals surface area (Å²) in [6.07, 6.45) is 2.03. The summed E-state index contributed by atoms with van der Waals surface area (Å²) in [5.41, 5.74) is 0.837. The molecule has 1 atom stereocenters. The van der Waals surface area contributed by atoms with E-state index in [1.165, 1.54) is 11.8 Å². The molecule has 2 N–H and O–H groups in total. The van der Waals surface area contributed by atoms with E-state index in [0.29, 0.717) is 10.5 Å². The summed E-state index contributed by atoms with van der Waals surface area (Å²) in [6, 6.07) is 17.0. The average molecular weight is 425 g/mol. The lowest BCUT2D eigenvalue weighted by molar-refractivity contribution is -0.125. The molecule has 6 heteroatoms. The number of carbonyl (C=O) groups is 3. The van der Waals surface area contributed by atoms with Gasteiger partial charge in [-0.25, -0.2) is 0 Å². The van der Waals surface area contributed by atoms with Gasteiger partial charge in [-0.1, -0.05) is 63.2 Å². The predicted molar refractivity (Wildman–Crippen MR) is 119 cm³/mol. The highest BCUT2D eigenvalue weighted by Crippen LogP contribution is 2.38. The fourth-order valence-corrected chi connectivity index (χ4v) is 3.98. The normalized spacial score (nSPS) is 14.6. The maximum absolute atomic E-state index is 12.9. The molecule has 2 amide bonds. The molecule has 0 radical (unpaired) electrons. The van der Waals surface area contributed by atoms with Crippen molar-refractivity contribution >= 4 is 29.4 Å². The van der Waals surface area contributed by atoms with Crippen molar-refractivity contribution < 1.29 is 14.4 Å². The average Bonchev–Trinajstić information content (AvgIpc) is 3.54. The third kappa shape index (κ3) is 5.95. The first-order valence-corrected chi connectivity index (χ1v) is 11.1. The van der Waals surface area contributed by atoms with E-state index in [1.807, 2.05) is 63.2 Å². The van der Waals surface area contributed by atoms with Gasteiger partial charge in [0.05, 0.1) is 12.1 Å². The third-order valence-corrected chi connectivity index (χ3v) is 6.22. The number of Topliss-reactive ketones (excluding diaryl/α,β-unsaturated/α-hetero) is 1. The summed E-state index contributed by atoms with van der Waals surface area (Å²) < 4.78 is 0. The van der Waals surface area contributed by atoms with E-state index in [2.05, 4.69) is 10.6 Å². The Balaban J connectivity index is 1.79. The van der Waals surface area contributed by atoms with Crippen molar-refractivity contribution in [1.82, 2.24) is 10.6 Å². The van der Waals surface area contributed by atoms with E-state index in [4.69, 9.17) is 0 Å². The SMILES string of the molecule is CC(C)(C)C(=O)CNC(=O)c1ccccc1S[C@@H](C(=O)NC1CC1)c1ccccc1. The van der Waals surface area contributed by atoms with Crippen molar-refractivity contribution in [3.8, 4) is 0 Å². The summed E-state index contributed by atoms with van der Waals surface area (Å²) in [4.78, 5) is 38.6. The highest BCUT2D eigenvalue weighted by atomic mass is 32.2. The molecule has 2 aromatic carbocycles.